The fraction of sp³-hybridized carbons (Fsp3) is 0.200. The van der Waals surface area contributed by atoms with Crippen LogP contribution >= 0.6 is 0 Å². The average Bonchev–Trinajstić information content (AvgIpc) is 2.70. The second-order valence-electron chi connectivity index (χ2n) is 5.17. The van der Waals surface area contributed by atoms with Crippen LogP contribution in [0.1, 0.15) is 11.3 Å². The van der Waals surface area contributed by atoms with Crippen LogP contribution < -0.4 is 14.8 Å². The van der Waals surface area contributed by atoms with Gasteiger partial charge >= 0.3 is 0 Å². The lowest BCUT2D eigenvalue weighted by Crippen LogP contribution is -2.13. The first-order valence-corrected chi connectivity index (χ1v) is 7.99. The smallest absolute Gasteiger partial charge is 0.122 e. The van der Waals surface area contributed by atoms with E-state index in [1.807, 2.05) is 54.6 Å². The van der Waals surface area contributed by atoms with Gasteiger partial charge in [0.25, 0.3) is 0 Å². The van der Waals surface area contributed by atoms with Gasteiger partial charge in [-0.05, 0) is 42.0 Å². The molecule has 25 heavy (non-hydrogen) atoms. The van der Waals surface area contributed by atoms with Crippen molar-refractivity contribution in [2.75, 3.05) is 14.2 Å². The lowest BCUT2D eigenvalue weighted by Gasteiger charge is -2.09. The fourth-order valence-electron chi connectivity index (χ4n) is 2.12. The number of rotatable bonds is 6. The number of methoxy groups -OCH3 is 2. The summed E-state index contributed by atoms with van der Waals surface area (Å²) in [6.45, 7) is 1.48. The maximum atomic E-state index is 5.24. The summed E-state index contributed by atoms with van der Waals surface area (Å²) in [6, 6.07) is 17.5. The molecule has 2 aromatic heterocycles. The molecule has 5 nitrogen and oxygen atoms in total. The zero-order valence-corrected chi connectivity index (χ0v) is 14.6. The molecule has 5 heteroatoms. The van der Waals surface area contributed by atoms with E-state index >= 15 is 0 Å². The van der Waals surface area contributed by atoms with Gasteiger partial charge in [0, 0.05) is 37.7 Å². The van der Waals surface area contributed by atoms with Gasteiger partial charge in [0.2, 0.25) is 0 Å². The molecule has 0 saturated carbocycles. The van der Waals surface area contributed by atoms with Gasteiger partial charge in [-0.1, -0.05) is 12.1 Å². The third kappa shape index (κ3) is 7.01. The Morgan fingerprint density at radius 2 is 1.48 bits per heavy atom. The summed E-state index contributed by atoms with van der Waals surface area (Å²) in [5.74, 6) is 1.60. The molecule has 1 aromatic carbocycles. The summed E-state index contributed by atoms with van der Waals surface area (Å²) in [6.07, 6.45) is 5.30. The molecular formula is C20H23N3O2. The second kappa shape index (κ2) is 10.8. The lowest BCUT2D eigenvalue weighted by molar-refractivity contribution is 0.393. The van der Waals surface area contributed by atoms with Crippen molar-refractivity contribution < 1.29 is 9.47 Å². The van der Waals surface area contributed by atoms with E-state index in [1.54, 1.807) is 32.8 Å². The van der Waals surface area contributed by atoms with Crippen molar-refractivity contribution in [3.63, 3.8) is 0 Å². The van der Waals surface area contributed by atoms with Crippen molar-refractivity contribution >= 4 is 0 Å². The Morgan fingerprint density at radius 1 is 0.800 bits per heavy atom. The number of nitrogens with one attached hydrogen (secondary N) is 1. The number of hydrogen-bond acceptors (Lipinski definition) is 5. The predicted molar refractivity (Wildman–Crippen MR) is 98.6 cm³/mol. The van der Waals surface area contributed by atoms with E-state index in [-0.39, 0.29) is 0 Å². The quantitative estimate of drug-likeness (QED) is 0.746. The van der Waals surface area contributed by atoms with Gasteiger partial charge in [0.1, 0.15) is 11.5 Å². The Kier molecular flexibility index (Phi) is 7.94. The third-order valence-corrected chi connectivity index (χ3v) is 3.34. The highest BCUT2D eigenvalue weighted by molar-refractivity contribution is 5.38. The number of aromatic nitrogens is 2. The molecule has 0 bridgehead atoms. The molecule has 3 rings (SSSR count). The van der Waals surface area contributed by atoms with Crippen molar-refractivity contribution in [2.24, 2.45) is 0 Å². The highest BCUT2D eigenvalue weighted by Gasteiger charge is 2.02. The molecule has 0 amide bonds. The van der Waals surface area contributed by atoms with Crippen LogP contribution in [0.4, 0.5) is 0 Å². The minimum atomic E-state index is 0.736. The monoisotopic (exact) mass is 337 g/mol. The molecule has 3 aromatic rings. The second-order valence-corrected chi connectivity index (χ2v) is 5.17. The number of pyridine rings is 2. The van der Waals surface area contributed by atoms with Crippen molar-refractivity contribution in [3.05, 3.63) is 84.4 Å². The molecule has 0 unspecified atom stereocenters. The Labute approximate surface area is 148 Å². The molecule has 0 atom stereocenters. The molecule has 0 radical (unpaired) electrons. The fourth-order valence-corrected chi connectivity index (χ4v) is 2.12. The summed E-state index contributed by atoms with van der Waals surface area (Å²) < 4.78 is 10.5. The maximum absolute atomic E-state index is 5.24. The van der Waals surface area contributed by atoms with E-state index < -0.39 is 0 Å². The number of ether oxygens (including phenoxy) is 2. The average molecular weight is 337 g/mol. The molecule has 0 fully saturated rings. The van der Waals surface area contributed by atoms with Gasteiger partial charge in [-0.15, -0.1) is 0 Å². The van der Waals surface area contributed by atoms with E-state index in [9.17, 15) is 0 Å². The van der Waals surface area contributed by atoms with Crippen LogP contribution in [0.2, 0.25) is 0 Å². The van der Waals surface area contributed by atoms with E-state index in [4.69, 9.17) is 9.47 Å². The van der Waals surface area contributed by atoms with Gasteiger partial charge in [-0.3, -0.25) is 9.97 Å². The molecule has 0 aliphatic carbocycles. The normalized spacial score (nSPS) is 9.68. The molecular weight excluding hydrogens is 314 g/mol. The van der Waals surface area contributed by atoms with Crippen molar-refractivity contribution in [1.29, 1.82) is 0 Å². The zero-order chi connectivity index (χ0) is 17.7. The summed E-state index contributed by atoms with van der Waals surface area (Å²) >= 11 is 0. The molecule has 1 N–H and O–H groups in total. The predicted octanol–water partition coefficient (Wildman–Crippen LogP) is 3.47. The Bertz CT molecular complexity index is 673. The van der Waals surface area contributed by atoms with Crippen LogP contribution in [-0.4, -0.2) is 24.2 Å². The first-order chi connectivity index (χ1) is 12.3. The summed E-state index contributed by atoms with van der Waals surface area (Å²) in [5, 5.41) is 3.35. The Morgan fingerprint density at radius 3 is 1.96 bits per heavy atom. The molecule has 130 valence electrons. The minimum Gasteiger partial charge on any atom is -0.497 e. The van der Waals surface area contributed by atoms with E-state index in [2.05, 4.69) is 15.3 Å². The minimum absolute atomic E-state index is 0.736. The van der Waals surface area contributed by atoms with Crippen LogP contribution in [0.5, 0.6) is 11.5 Å². The number of nitrogens with zero attached hydrogens (tertiary/aromatic N) is 2. The van der Waals surface area contributed by atoms with E-state index in [0.29, 0.717) is 0 Å². The molecule has 0 aliphatic rings. The standard InChI is InChI=1S/C15H18N2O2.C5H5N/c1-18-14-7-12(8-15(9-14)19-2)10-16-11-13-5-3-4-6-17-13;1-2-4-6-5-3-1/h3-9,16H,10-11H2,1-2H3;1-5H. The number of benzene rings is 1. The topological polar surface area (TPSA) is 56.3 Å². The zero-order valence-electron chi connectivity index (χ0n) is 14.6. The van der Waals surface area contributed by atoms with Gasteiger partial charge in [-0.25, -0.2) is 0 Å². The Hall–Kier alpha value is -2.92. The van der Waals surface area contributed by atoms with Crippen LogP contribution in [0.15, 0.2) is 73.2 Å². The summed E-state index contributed by atoms with van der Waals surface area (Å²) in [5.41, 5.74) is 2.14. The van der Waals surface area contributed by atoms with Gasteiger partial charge in [-0.2, -0.15) is 0 Å². The van der Waals surface area contributed by atoms with Gasteiger partial charge in [0.15, 0.2) is 0 Å². The molecule has 2 heterocycles. The first kappa shape index (κ1) is 18.4. The van der Waals surface area contributed by atoms with Gasteiger partial charge in [0.05, 0.1) is 19.9 Å². The van der Waals surface area contributed by atoms with Crippen molar-refractivity contribution in [2.45, 2.75) is 13.1 Å². The number of hydrogen-bond donors (Lipinski definition) is 1. The van der Waals surface area contributed by atoms with Crippen LogP contribution in [0, 0.1) is 0 Å². The highest BCUT2D eigenvalue weighted by atomic mass is 16.5. The maximum Gasteiger partial charge on any atom is 0.122 e. The first-order valence-electron chi connectivity index (χ1n) is 7.99. The third-order valence-electron chi connectivity index (χ3n) is 3.34. The van der Waals surface area contributed by atoms with E-state index in [1.165, 1.54) is 0 Å². The summed E-state index contributed by atoms with van der Waals surface area (Å²) in [7, 11) is 3.31. The van der Waals surface area contributed by atoms with Crippen LogP contribution in [-0.2, 0) is 13.1 Å². The van der Waals surface area contributed by atoms with Crippen LogP contribution in [0.3, 0.4) is 0 Å². The lowest BCUT2D eigenvalue weighted by atomic mass is 10.2. The largest absolute Gasteiger partial charge is 0.497 e. The molecule has 0 saturated heterocycles. The Balaban J connectivity index is 0.000000316. The summed E-state index contributed by atoms with van der Waals surface area (Å²) in [4.78, 5) is 8.05. The highest BCUT2D eigenvalue weighted by Crippen LogP contribution is 2.22. The van der Waals surface area contributed by atoms with E-state index in [0.717, 1.165) is 35.8 Å². The van der Waals surface area contributed by atoms with Crippen molar-refractivity contribution in [3.8, 4) is 11.5 Å². The van der Waals surface area contributed by atoms with Crippen LogP contribution in [0.25, 0.3) is 0 Å². The molecule has 0 spiro atoms. The van der Waals surface area contributed by atoms with Crippen molar-refractivity contribution in [1.82, 2.24) is 15.3 Å². The molecule has 0 aliphatic heterocycles. The SMILES string of the molecule is COc1cc(CNCc2ccccn2)cc(OC)c1.c1ccncc1. The van der Waals surface area contributed by atoms with Gasteiger partial charge < -0.3 is 14.8 Å².